The molecule has 0 aromatic carbocycles. The van der Waals surface area contributed by atoms with E-state index in [0.717, 1.165) is 5.92 Å². The fraction of sp³-hybridized carbons (Fsp3) is 0.750. The number of alkyl halides is 1. The van der Waals surface area contributed by atoms with E-state index in [9.17, 15) is 0 Å². The Morgan fingerprint density at radius 3 is 2.93 bits per heavy atom. The number of halogens is 1. The predicted molar refractivity (Wildman–Crippen MR) is 69.9 cm³/mol. The molecule has 0 spiro atoms. The Balaban J connectivity index is 2.16. The molecule has 15 heavy (non-hydrogen) atoms. The number of hydrogen-bond acceptors (Lipinski definition) is 2. The molecule has 1 aromatic heterocycles. The highest BCUT2D eigenvalue weighted by Gasteiger charge is 2.31. The van der Waals surface area contributed by atoms with Crippen LogP contribution in [0, 0.1) is 12.8 Å². The minimum Gasteiger partial charge on any atom is -0.246 e. The van der Waals surface area contributed by atoms with Gasteiger partial charge in [-0.15, -0.1) is 11.3 Å². The van der Waals surface area contributed by atoms with Crippen molar-refractivity contribution in [3.63, 3.8) is 0 Å². The standard InChI is InChI=1S/C12H18BrNS/c1-3-9-4-5-10(13)6-11(9)12-14-8(2)7-15-12/h7,9-11H,3-6H2,1-2H3. The third-order valence-electron chi connectivity index (χ3n) is 3.41. The Morgan fingerprint density at radius 1 is 1.53 bits per heavy atom. The van der Waals surface area contributed by atoms with Gasteiger partial charge in [-0.05, 0) is 32.1 Å². The molecule has 84 valence electrons. The maximum Gasteiger partial charge on any atom is 0.0962 e. The molecule has 3 unspecified atom stereocenters. The lowest BCUT2D eigenvalue weighted by atomic mass is 9.78. The van der Waals surface area contributed by atoms with E-state index in [0.29, 0.717) is 10.7 Å². The molecule has 0 bridgehead atoms. The van der Waals surface area contributed by atoms with Crippen LogP contribution in [0.3, 0.4) is 0 Å². The van der Waals surface area contributed by atoms with Crippen molar-refractivity contribution in [1.29, 1.82) is 0 Å². The summed E-state index contributed by atoms with van der Waals surface area (Å²) in [4.78, 5) is 5.37. The molecule has 0 N–H and O–H groups in total. The molecule has 1 heterocycles. The minimum absolute atomic E-state index is 0.701. The predicted octanol–water partition coefficient (Wildman–Crippen LogP) is 4.51. The van der Waals surface area contributed by atoms with E-state index in [1.54, 1.807) is 0 Å². The monoisotopic (exact) mass is 287 g/mol. The van der Waals surface area contributed by atoms with Crippen LogP contribution in [0.1, 0.15) is 49.2 Å². The van der Waals surface area contributed by atoms with Crippen molar-refractivity contribution in [3.8, 4) is 0 Å². The van der Waals surface area contributed by atoms with Gasteiger partial charge in [0, 0.05) is 21.8 Å². The second-order valence-electron chi connectivity index (χ2n) is 4.51. The number of rotatable bonds is 2. The van der Waals surface area contributed by atoms with Crippen molar-refractivity contribution in [2.45, 2.75) is 50.3 Å². The molecule has 0 radical (unpaired) electrons. The zero-order valence-corrected chi connectivity index (χ0v) is 11.8. The Kier molecular flexibility index (Phi) is 3.83. The number of thiazole rings is 1. The largest absolute Gasteiger partial charge is 0.246 e. The fourth-order valence-corrected chi connectivity index (χ4v) is 4.19. The first-order valence-corrected chi connectivity index (χ1v) is 7.56. The van der Waals surface area contributed by atoms with Crippen LogP contribution in [-0.2, 0) is 0 Å². The summed E-state index contributed by atoms with van der Waals surface area (Å²) >= 11 is 5.61. The summed E-state index contributed by atoms with van der Waals surface area (Å²) < 4.78 is 0. The molecule has 1 aromatic rings. The summed E-state index contributed by atoms with van der Waals surface area (Å²) in [6.45, 7) is 4.40. The number of aryl methyl sites for hydroxylation is 1. The number of nitrogens with zero attached hydrogens (tertiary/aromatic N) is 1. The van der Waals surface area contributed by atoms with Gasteiger partial charge < -0.3 is 0 Å². The van der Waals surface area contributed by atoms with Crippen LogP contribution < -0.4 is 0 Å². The Hall–Kier alpha value is 0.110. The smallest absolute Gasteiger partial charge is 0.0962 e. The van der Waals surface area contributed by atoms with E-state index < -0.39 is 0 Å². The Morgan fingerprint density at radius 2 is 2.33 bits per heavy atom. The lowest BCUT2D eigenvalue weighted by molar-refractivity contribution is 0.307. The van der Waals surface area contributed by atoms with Gasteiger partial charge in [0.1, 0.15) is 0 Å². The summed E-state index contributed by atoms with van der Waals surface area (Å²) in [5.41, 5.74) is 1.18. The molecule has 1 aliphatic rings. The van der Waals surface area contributed by atoms with E-state index in [-0.39, 0.29) is 0 Å². The fourth-order valence-electron chi connectivity index (χ4n) is 2.52. The Bertz CT molecular complexity index is 323. The average molecular weight is 288 g/mol. The number of hydrogen-bond donors (Lipinski definition) is 0. The van der Waals surface area contributed by atoms with Crippen LogP contribution in [0.4, 0.5) is 0 Å². The van der Waals surface area contributed by atoms with Crippen molar-refractivity contribution >= 4 is 27.3 Å². The third-order valence-corrected chi connectivity index (χ3v) is 5.33. The molecule has 1 saturated carbocycles. The van der Waals surface area contributed by atoms with Gasteiger partial charge in [-0.3, -0.25) is 0 Å². The topological polar surface area (TPSA) is 12.9 Å². The van der Waals surface area contributed by atoms with Crippen LogP contribution in [0.2, 0.25) is 0 Å². The second-order valence-corrected chi connectivity index (χ2v) is 6.70. The lowest BCUT2D eigenvalue weighted by Gasteiger charge is -2.32. The maximum absolute atomic E-state index is 4.66. The maximum atomic E-state index is 4.66. The lowest BCUT2D eigenvalue weighted by Crippen LogP contribution is -2.23. The van der Waals surface area contributed by atoms with Gasteiger partial charge in [0.25, 0.3) is 0 Å². The molecule has 2 rings (SSSR count). The van der Waals surface area contributed by atoms with Crippen LogP contribution in [-0.4, -0.2) is 9.81 Å². The molecule has 1 nitrogen and oxygen atoms in total. The zero-order valence-electron chi connectivity index (χ0n) is 9.37. The molecular weight excluding hydrogens is 270 g/mol. The summed E-state index contributed by atoms with van der Waals surface area (Å²) in [5, 5.41) is 3.54. The quantitative estimate of drug-likeness (QED) is 0.730. The van der Waals surface area contributed by atoms with E-state index >= 15 is 0 Å². The van der Waals surface area contributed by atoms with E-state index in [2.05, 4.69) is 40.1 Å². The molecule has 1 fully saturated rings. The van der Waals surface area contributed by atoms with Crippen molar-refractivity contribution in [1.82, 2.24) is 4.98 Å². The minimum atomic E-state index is 0.701. The highest BCUT2D eigenvalue weighted by molar-refractivity contribution is 9.09. The molecule has 3 atom stereocenters. The van der Waals surface area contributed by atoms with Crippen LogP contribution in [0.5, 0.6) is 0 Å². The third kappa shape index (κ3) is 2.62. The zero-order chi connectivity index (χ0) is 10.8. The molecule has 3 heteroatoms. The van der Waals surface area contributed by atoms with Crippen molar-refractivity contribution in [2.75, 3.05) is 0 Å². The van der Waals surface area contributed by atoms with E-state index in [1.165, 1.54) is 36.4 Å². The molecule has 0 saturated heterocycles. The number of aromatic nitrogens is 1. The molecule has 0 amide bonds. The summed E-state index contributed by atoms with van der Waals surface area (Å²) in [5.74, 6) is 1.55. The first kappa shape index (κ1) is 11.6. The Labute approximate surface area is 104 Å². The first-order chi connectivity index (χ1) is 7.20. The molecular formula is C12H18BrNS. The van der Waals surface area contributed by atoms with Crippen molar-refractivity contribution in [2.24, 2.45) is 5.92 Å². The highest BCUT2D eigenvalue weighted by atomic mass is 79.9. The van der Waals surface area contributed by atoms with Gasteiger partial charge in [0.05, 0.1) is 5.01 Å². The normalized spacial score (nSPS) is 31.8. The highest BCUT2D eigenvalue weighted by Crippen LogP contribution is 2.42. The summed E-state index contributed by atoms with van der Waals surface area (Å²) in [7, 11) is 0. The molecule has 1 aliphatic carbocycles. The SMILES string of the molecule is CCC1CCC(Br)CC1c1nc(C)cs1. The van der Waals surface area contributed by atoms with E-state index in [1.807, 2.05) is 11.3 Å². The van der Waals surface area contributed by atoms with Crippen molar-refractivity contribution in [3.05, 3.63) is 16.1 Å². The van der Waals surface area contributed by atoms with Crippen LogP contribution >= 0.6 is 27.3 Å². The molecule has 0 aliphatic heterocycles. The van der Waals surface area contributed by atoms with Gasteiger partial charge >= 0.3 is 0 Å². The van der Waals surface area contributed by atoms with Gasteiger partial charge in [-0.2, -0.15) is 0 Å². The van der Waals surface area contributed by atoms with Crippen LogP contribution in [0.25, 0.3) is 0 Å². The van der Waals surface area contributed by atoms with Crippen LogP contribution in [0.15, 0.2) is 5.38 Å². The summed E-state index contributed by atoms with van der Waals surface area (Å²) in [6, 6.07) is 0. The van der Waals surface area contributed by atoms with Crippen molar-refractivity contribution < 1.29 is 0 Å². The second kappa shape index (κ2) is 4.96. The van der Waals surface area contributed by atoms with E-state index in [4.69, 9.17) is 0 Å². The van der Waals surface area contributed by atoms with Gasteiger partial charge in [0.2, 0.25) is 0 Å². The van der Waals surface area contributed by atoms with Gasteiger partial charge in [0.15, 0.2) is 0 Å². The van der Waals surface area contributed by atoms with Gasteiger partial charge in [-0.25, -0.2) is 4.98 Å². The summed E-state index contributed by atoms with van der Waals surface area (Å²) in [6.07, 6.45) is 5.25. The van der Waals surface area contributed by atoms with Gasteiger partial charge in [-0.1, -0.05) is 29.3 Å². The average Bonchev–Trinajstić information content (AvgIpc) is 2.65. The first-order valence-electron chi connectivity index (χ1n) is 5.76.